The third-order valence-corrected chi connectivity index (χ3v) is 5.47. The molecule has 0 amide bonds. The number of hydrogen-bond donors (Lipinski definition) is 2. The van der Waals surface area contributed by atoms with E-state index in [1.54, 1.807) is 6.07 Å². The first-order valence-electron chi connectivity index (χ1n) is 9.23. The van der Waals surface area contributed by atoms with Gasteiger partial charge in [-0.05, 0) is 66.4 Å². The van der Waals surface area contributed by atoms with Crippen molar-refractivity contribution < 1.29 is 19.7 Å². The van der Waals surface area contributed by atoms with Gasteiger partial charge in [-0.15, -0.1) is 0 Å². The van der Waals surface area contributed by atoms with Crippen LogP contribution in [0.25, 0.3) is 0 Å². The number of hydrogen-bond acceptors (Lipinski definition) is 3. The van der Waals surface area contributed by atoms with Crippen LogP contribution in [-0.4, -0.2) is 22.8 Å². The summed E-state index contributed by atoms with van der Waals surface area (Å²) >= 11 is 0. The summed E-state index contributed by atoms with van der Waals surface area (Å²) in [6.07, 6.45) is 5.82. The van der Waals surface area contributed by atoms with Crippen molar-refractivity contribution in [1.29, 1.82) is 0 Å². The van der Waals surface area contributed by atoms with Gasteiger partial charge in [0.15, 0.2) is 6.61 Å². The summed E-state index contributed by atoms with van der Waals surface area (Å²) in [5, 5.41) is 18.9. The number of carboxylic acids is 1. The van der Waals surface area contributed by atoms with Crippen LogP contribution in [0.15, 0.2) is 41.7 Å². The topological polar surface area (TPSA) is 66.8 Å². The summed E-state index contributed by atoms with van der Waals surface area (Å²) in [7, 11) is 0. The molecule has 1 aromatic rings. The number of ether oxygens (including phenoxy) is 1. The molecule has 1 aromatic carbocycles. The molecule has 2 atom stereocenters. The zero-order chi connectivity index (χ0) is 19.5. The molecule has 0 aliphatic heterocycles. The van der Waals surface area contributed by atoms with Crippen molar-refractivity contribution in [3.63, 3.8) is 0 Å². The number of allylic oxidation sites excluding steroid dienone is 3. The maximum atomic E-state index is 10.8. The summed E-state index contributed by atoms with van der Waals surface area (Å²) in [5.41, 5.74) is 3.26. The number of benzene rings is 1. The highest BCUT2D eigenvalue weighted by molar-refractivity contribution is 5.68. The van der Waals surface area contributed by atoms with Crippen LogP contribution in [0.5, 0.6) is 5.75 Å². The predicted molar refractivity (Wildman–Crippen MR) is 103 cm³/mol. The van der Waals surface area contributed by atoms with Crippen molar-refractivity contribution in [1.82, 2.24) is 0 Å². The first-order chi connectivity index (χ1) is 12.2. The number of carboxylic acid groups (broad SMARTS) is 1. The fourth-order valence-corrected chi connectivity index (χ4v) is 3.71. The molecule has 1 aliphatic rings. The van der Waals surface area contributed by atoms with E-state index in [4.69, 9.17) is 9.84 Å². The molecule has 0 saturated carbocycles. The van der Waals surface area contributed by atoms with E-state index in [2.05, 4.69) is 46.8 Å². The van der Waals surface area contributed by atoms with Gasteiger partial charge in [0.05, 0.1) is 0 Å². The van der Waals surface area contributed by atoms with E-state index >= 15 is 0 Å². The SMILES string of the molecule is CCC1(C)C=C(OCC(=O)O)C=C(C)C1Cc1ccc(O)c(C(C)C)c1. The Labute approximate surface area is 156 Å². The average Bonchev–Trinajstić information content (AvgIpc) is 2.57. The lowest BCUT2D eigenvalue weighted by Crippen LogP contribution is -2.31. The van der Waals surface area contributed by atoms with Crippen LogP contribution in [0, 0.1) is 11.3 Å². The van der Waals surface area contributed by atoms with Crippen LogP contribution < -0.4 is 0 Å². The zero-order valence-corrected chi connectivity index (χ0v) is 16.4. The lowest BCUT2D eigenvalue weighted by atomic mass is 9.66. The second-order valence-electron chi connectivity index (χ2n) is 7.78. The minimum Gasteiger partial charge on any atom is -0.508 e. The lowest BCUT2D eigenvalue weighted by molar-refractivity contribution is -0.140. The van der Waals surface area contributed by atoms with Gasteiger partial charge in [-0.1, -0.05) is 45.4 Å². The van der Waals surface area contributed by atoms with Crippen LogP contribution in [0.3, 0.4) is 0 Å². The van der Waals surface area contributed by atoms with E-state index < -0.39 is 5.97 Å². The van der Waals surface area contributed by atoms with Crippen molar-refractivity contribution in [3.05, 3.63) is 52.8 Å². The highest BCUT2D eigenvalue weighted by Gasteiger charge is 2.35. The first-order valence-corrected chi connectivity index (χ1v) is 9.23. The van der Waals surface area contributed by atoms with Gasteiger partial charge in [-0.3, -0.25) is 0 Å². The Balaban J connectivity index is 2.28. The maximum absolute atomic E-state index is 10.8. The molecular formula is C22H30O4. The van der Waals surface area contributed by atoms with Gasteiger partial charge >= 0.3 is 5.97 Å². The van der Waals surface area contributed by atoms with Gasteiger partial charge in [0.1, 0.15) is 11.5 Å². The van der Waals surface area contributed by atoms with E-state index in [-0.39, 0.29) is 17.9 Å². The van der Waals surface area contributed by atoms with Crippen LogP contribution in [0.4, 0.5) is 0 Å². The molecule has 2 rings (SSSR count). The maximum Gasteiger partial charge on any atom is 0.341 e. The molecule has 142 valence electrons. The highest BCUT2D eigenvalue weighted by atomic mass is 16.5. The normalized spacial score (nSPS) is 22.8. The average molecular weight is 358 g/mol. The molecule has 0 bridgehead atoms. The zero-order valence-electron chi connectivity index (χ0n) is 16.4. The van der Waals surface area contributed by atoms with Gasteiger partial charge in [-0.25, -0.2) is 4.79 Å². The van der Waals surface area contributed by atoms with Crippen molar-refractivity contribution in [3.8, 4) is 5.75 Å². The molecule has 0 aromatic heterocycles. The molecular weight excluding hydrogens is 328 g/mol. The van der Waals surface area contributed by atoms with E-state index in [1.807, 2.05) is 12.1 Å². The van der Waals surface area contributed by atoms with Crippen LogP contribution in [-0.2, 0) is 16.0 Å². The Morgan fingerprint density at radius 3 is 2.62 bits per heavy atom. The molecule has 4 nitrogen and oxygen atoms in total. The number of aliphatic carboxylic acids is 1. The third kappa shape index (κ3) is 4.48. The number of aromatic hydroxyl groups is 1. The third-order valence-electron chi connectivity index (χ3n) is 5.47. The van der Waals surface area contributed by atoms with Crippen LogP contribution in [0.2, 0.25) is 0 Å². The minimum absolute atomic E-state index is 0.109. The predicted octanol–water partition coefficient (Wildman–Crippen LogP) is 5.04. The van der Waals surface area contributed by atoms with Crippen molar-refractivity contribution in [2.75, 3.05) is 6.61 Å². The van der Waals surface area contributed by atoms with Crippen molar-refractivity contribution in [2.24, 2.45) is 11.3 Å². The number of phenols is 1. The Morgan fingerprint density at radius 2 is 2.04 bits per heavy atom. The Hall–Kier alpha value is -2.23. The molecule has 0 fully saturated rings. The first kappa shape index (κ1) is 20.1. The smallest absolute Gasteiger partial charge is 0.341 e. The Morgan fingerprint density at radius 1 is 1.35 bits per heavy atom. The molecule has 26 heavy (non-hydrogen) atoms. The number of carbonyl (C=O) groups is 1. The summed E-state index contributed by atoms with van der Waals surface area (Å²) in [6.45, 7) is 10.3. The summed E-state index contributed by atoms with van der Waals surface area (Å²) in [5.74, 6) is 0.587. The van der Waals surface area contributed by atoms with Crippen LogP contribution in [0.1, 0.15) is 58.1 Å². The minimum atomic E-state index is -0.970. The second-order valence-corrected chi connectivity index (χ2v) is 7.78. The van der Waals surface area contributed by atoms with E-state index in [1.165, 1.54) is 11.1 Å². The standard InChI is InChI=1S/C22H30O4/c1-6-22(5)12-17(26-13-21(24)25)9-15(4)19(22)11-16-7-8-20(23)18(10-16)14(2)3/h7-10,12,14,19,23H,6,11,13H2,1-5H3,(H,24,25). The number of rotatable bonds is 7. The van der Waals surface area contributed by atoms with Gasteiger partial charge in [0, 0.05) is 0 Å². The molecule has 2 N–H and O–H groups in total. The largest absolute Gasteiger partial charge is 0.508 e. The van der Waals surface area contributed by atoms with Gasteiger partial charge in [-0.2, -0.15) is 0 Å². The summed E-state index contributed by atoms with van der Waals surface area (Å²) in [6, 6.07) is 5.88. The fourth-order valence-electron chi connectivity index (χ4n) is 3.71. The molecule has 0 radical (unpaired) electrons. The molecule has 0 saturated heterocycles. The van der Waals surface area contributed by atoms with Gasteiger partial charge in [0.2, 0.25) is 0 Å². The molecule has 2 unspecified atom stereocenters. The van der Waals surface area contributed by atoms with E-state index in [0.717, 1.165) is 18.4 Å². The Kier molecular flexibility index (Phi) is 6.17. The summed E-state index contributed by atoms with van der Waals surface area (Å²) in [4.78, 5) is 10.8. The van der Waals surface area contributed by atoms with E-state index in [0.29, 0.717) is 17.4 Å². The molecule has 4 heteroatoms. The second kappa shape index (κ2) is 7.98. The van der Waals surface area contributed by atoms with Gasteiger partial charge < -0.3 is 14.9 Å². The molecule has 0 spiro atoms. The summed E-state index contributed by atoms with van der Waals surface area (Å²) < 4.78 is 5.43. The molecule has 0 heterocycles. The highest BCUT2D eigenvalue weighted by Crippen LogP contribution is 2.44. The van der Waals surface area contributed by atoms with Crippen molar-refractivity contribution >= 4 is 5.97 Å². The Bertz CT molecular complexity index is 730. The monoisotopic (exact) mass is 358 g/mol. The quantitative estimate of drug-likeness (QED) is 0.717. The van der Waals surface area contributed by atoms with Crippen LogP contribution >= 0.6 is 0 Å². The van der Waals surface area contributed by atoms with Crippen molar-refractivity contribution in [2.45, 2.75) is 53.4 Å². The number of phenolic OH excluding ortho intramolecular Hbond substituents is 1. The lowest BCUT2D eigenvalue weighted by Gasteiger charge is -2.39. The van der Waals surface area contributed by atoms with E-state index in [9.17, 15) is 9.90 Å². The molecule has 1 aliphatic carbocycles. The fraction of sp³-hybridized carbons (Fsp3) is 0.500. The van der Waals surface area contributed by atoms with Gasteiger partial charge in [0.25, 0.3) is 0 Å².